The molecule has 3 aliphatic heterocycles. The molecule has 31 heavy (non-hydrogen) atoms. The van der Waals surface area contributed by atoms with Crippen LogP contribution in [0, 0.1) is 5.92 Å². The number of nitrogens with one attached hydrogen (secondary N) is 1. The van der Waals surface area contributed by atoms with Gasteiger partial charge in [0.2, 0.25) is 12.7 Å². The second-order valence-electron chi connectivity index (χ2n) is 8.55. The Morgan fingerprint density at radius 1 is 0.935 bits per heavy atom. The lowest BCUT2D eigenvalue weighted by atomic mass is 10.0. The lowest BCUT2D eigenvalue weighted by Gasteiger charge is -2.36. The van der Waals surface area contributed by atoms with E-state index in [-0.39, 0.29) is 19.1 Å². The highest BCUT2D eigenvalue weighted by atomic mass is 16.7. The lowest BCUT2D eigenvalue weighted by molar-refractivity contribution is -0.144. The third kappa shape index (κ3) is 6.09. The van der Waals surface area contributed by atoms with E-state index in [1.54, 1.807) is 18.2 Å². The number of carbonyl (C=O) groups excluding carboxylic acids is 1. The highest BCUT2D eigenvalue weighted by molar-refractivity contribution is 5.93. The van der Waals surface area contributed by atoms with Gasteiger partial charge in [-0.2, -0.15) is 0 Å². The summed E-state index contributed by atoms with van der Waals surface area (Å²) in [6.07, 6.45) is 2.57. The zero-order valence-electron chi connectivity index (χ0n) is 17.9. The van der Waals surface area contributed by atoms with Crippen LogP contribution in [0.3, 0.4) is 0 Å². The van der Waals surface area contributed by atoms with Crippen LogP contribution in [-0.2, 0) is 9.59 Å². The van der Waals surface area contributed by atoms with Gasteiger partial charge < -0.3 is 24.8 Å². The van der Waals surface area contributed by atoms with Crippen molar-refractivity contribution in [3.8, 4) is 11.5 Å². The van der Waals surface area contributed by atoms with Gasteiger partial charge in [-0.3, -0.25) is 19.4 Å². The fourth-order valence-electron chi connectivity index (χ4n) is 4.44. The number of likely N-dealkylation sites (tertiary alicyclic amines) is 1. The molecule has 3 aliphatic rings. The number of hydrogen-bond acceptors (Lipinski definition) is 7. The van der Waals surface area contributed by atoms with Crippen LogP contribution in [0.1, 0.15) is 19.3 Å². The number of fused-ring (bicyclic) bond motifs is 1. The molecule has 9 heteroatoms. The van der Waals surface area contributed by atoms with Gasteiger partial charge in [-0.05, 0) is 38.1 Å². The Bertz CT molecular complexity index is 775. The number of benzene rings is 1. The van der Waals surface area contributed by atoms with Gasteiger partial charge in [0.15, 0.2) is 11.5 Å². The van der Waals surface area contributed by atoms with Gasteiger partial charge in [0.05, 0.1) is 5.92 Å². The Labute approximate surface area is 182 Å². The fraction of sp³-hybridized carbons (Fsp3) is 0.636. The summed E-state index contributed by atoms with van der Waals surface area (Å²) < 4.78 is 10.6. The molecule has 1 aromatic carbocycles. The monoisotopic (exact) mass is 432 g/mol. The Balaban J connectivity index is 1.21. The molecule has 2 fully saturated rings. The van der Waals surface area contributed by atoms with Crippen LogP contribution in [0.2, 0.25) is 0 Å². The summed E-state index contributed by atoms with van der Waals surface area (Å²) in [4.78, 5) is 31.4. The smallest absolute Gasteiger partial charge is 0.308 e. The van der Waals surface area contributed by atoms with Gasteiger partial charge in [0.1, 0.15) is 0 Å². The van der Waals surface area contributed by atoms with Crippen molar-refractivity contribution in [2.45, 2.75) is 19.3 Å². The van der Waals surface area contributed by atoms with Crippen LogP contribution < -0.4 is 14.8 Å². The minimum absolute atomic E-state index is 0.0566. The second-order valence-corrected chi connectivity index (χ2v) is 8.55. The number of carboxylic acid groups (broad SMARTS) is 1. The van der Waals surface area contributed by atoms with Crippen molar-refractivity contribution >= 4 is 17.6 Å². The minimum atomic E-state index is -0.933. The number of anilines is 1. The number of piperazine rings is 1. The molecule has 3 heterocycles. The van der Waals surface area contributed by atoms with E-state index < -0.39 is 11.9 Å². The summed E-state index contributed by atoms with van der Waals surface area (Å²) in [6.45, 7) is 8.77. The number of nitrogens with zero attached hydrogens (tertiary/aromatic N) is 3. The SMILES string of the molecule is O=C(CC(CN1CCN(CCN2CCCC2)CC1)C(=O)O)Nc1ccc2c(c1)OCO2. The van der Waals surface area contributed by atoms with Crippen molar-refractivity contribution < 1.29 is 24.2 Å². The molecule has 2 N–H and O–H groups in total. The maximum atomic E-state index is 12.5. The standard InChI is InChI=1S/C22H32N4O5/c27-21(23-18-3-4-19-20(14-18)31-16-30-19)13-17(22(28)29)15-26-11-9-25(10-12-26)8-7-24-5-1-2-6-24/h3-4,14,17H,1-2,5-13,15-16H2,(H,23,27)(H,28,29). The summed E-state index contributed by atoms with van der Waals surface area (Å²) in [5.41, 5.74) is 0.574. The van der Waals surface area contributed by atoms with Crippen molar-refractivity contribution in [3.05, 3.63) is 18.2 Å². The molecule has 1 atom stereocenters. The molecule has 1 aromatic rings. The van der Waals surface area contributed by atoms with Crippen LogP contribution in [0.25, 0.3) is 0 Å². The van der Waals surface area contributed by atoms with Crippen molar-refractivity contribution in [1.29, 1.82) is 0 Å². The maximum absolute atomic E-state index is 12.5. The van der Waals surface area contributed by atoms with Gasteiger partial charge in [-0.25, -0.2) is 0 Å². The maximum Gasteiger partial charge on any atom is 0.308 e. The first-order valence-electron chi connectivity index (χ1n) is 11.2. The van der Waals surface area contributed by atoms with Gasteiger partial charge in [0, 0.05) is 64.0 Å². The van der Waals surface area contributed by atoms with E-state index in [0.717, 1.165) is 39.3 Å². The summed E-state index contributed by atoms with van der Waals surface area (Å²) in [7, 11) is 0. The summed E-state index contributed by atoms with van der Waals surface area (Å²) in [5, 5.41) is 12.4. The molecule has 9 nitrogen and oxygen atoms in total. The van der Waals surface area contributed by atoms with Crippen molar-refractivity contribution in [3.63, 3.8) is 0 Å². The number of aliphatic carboxylic acids is 1. The molecule has 0 aromatic heterocycles. The molecule has 0 saturated carbocycles. The van der Waals surface area contributed by atoms with Gasteiger partial charge in [0.25, 0.3) is 0 Å². The quantitative estimate of drug-likeness (QED) is 0.600. The molecular weight excluding hydrogens is 400 g/mol. The van der Waals surface area contributed by atoms with E-state index in [9.17, 15) is 14.7 Å². The van der Waals surface area contributed by atoms with E-state index >= 15 is 0 Å². The third-order valence-corrected chi connectivity index (χ3v) is 6.31. The fourth-order valence-corrected chi connectivity index (χ4v) is 4.44. The Morgan fingerprint density at radius 3 is 2.29 bits per heavy atom. The van der Waals surface area contributed by atoms with Crippen LogP contribution >= 0.6 is 0 Å². The largest absolute Gasteiger partial charge is 0.481 e. The average molecular weight is 433 g/mol. The van der Waals surface area contributed by atoms with E-state index in [0.29, 0.717) is 23.7 Å². The number of hydrogen-bond donors (Lipinski definition) is 2. The molecule has 4 rings (SSSR count). The molecule has 170 valence electrons. The van der Waals surface area contributed by atoms with Gasteiger partial charge in [-0.1, -0.05) is 0 Å². The second kappa shape index (κ2) is 10.3. The number of ether oxygens (including phenoxy) is 2. The summed E-state index contributed by atoms with van der Waals surface area (Å²) in [5.74, 6) is -0.755. The number of carboxylic acids is 1. The van der Waals surface area contributed by atoms with E-state index in [1.165, 1.54) is 25.9 Å². The molecule has 0 spiro atoms. The Morgan fingerprint density at radius 2 is 1.58 bits per heavy atom. The topological polar surface area (TPSA) is 94.6 Å². The molecule has 0 aliphatic carbocycles. The highest BCUT2D eigenvalue weighted by Crippen LogP contribution is 2.34. The van der Waals surface area contributed by atoms with E-state index in [4.69, 9.17) is 9.47 Å². The average Bonchev–Trinajstić information content (AvgIpc) is 3.44. The molecule has 0 radical (unpaired) electrons. The van der Waals surface area contributed by atoms with Crippen LogP contribution in [0.15, 0.2) is 18.2 Å². The highest BCUT2D eigenvalue weighted by Gasteiger charge is 2.27. The van der Waals surface area contributed by atoms with Crippen LogP contribution in [0.5, 0.6) is 11.5 Å². The van der Waals surface area contributed by atoms with Crippen LogP contribution in [-0.4, -0.2) is 97.4 Å². The predicted molar refractivity (Wildman–Crippen MR) is 115 cm³/mol. The third-order valence-electron chi connectivity index (χ3n) is 6.31. The summed E-state index contributed by atoms with van der Waals surface area (Å²) in [6, 6.07) is 5.15. The number of carbonyl (C=O) groups is 2. The number of amides is 1. The molecular formula is C22H32N4O5. The Hall–Kier alpha value is -2.36. The number of rotatable bonds is 9. The van der Waals surface area contributed by atoms with Crippen molar-refractivity contribution in [1.82, 2.24) is 14.7 Å². The van der Waals surface area contributed by atoms with Crippen molar-refractivity contribution in [2.24, 2.45) is 5.92 Å². The normalized spacial score (nSPS) is 20.6. The van der Waals surface area contributed by atoms with Crippen LogP contribution in [0.4, 0.5) is 5.69 Å². The molecule has 2 saturated heterocycles. The van der Waals surface area contributed by atoms with Crippen molar-refractivity contribution in [2.75, 3.05) is 71.0 Å². The van der Waals surface area contributed by atoms with Gasteiger partial charge in [-0.15, -0.1) is 0 Å². The zero-order valence-corrected chi connectivity index (χ0v) is 17.9. The summed E-state index contributed by atoms with van der Waals surface area (Å²) >= 11 is 0. The minimum Gasteiger partial charge on any atom is -0.481 e. The van der Waals surface area contributed by atoms with E-state index in [1.807, 2.05) is 0 Å². The Kier molecular flexibility index (Phi) is 7.26. The molecule has 1 amide bonds. The predicted octanol–water partition coefficient (Wildman–Crippen LogP) is 1.16. The lowest BCUT2D eigenvalue weighted by Crippen LogP contribution is -2.50. The van der Waals surface area contributed by atoms with Gasteiger partial charge >= 0.3 is 5.97 Å². The first kappa shape index (κ1) is 21.9. The first-order valence-corrected chi connectivity index (χ1v) is 11.2. The first-order chi connectivity index (χ1) is 15.1. The molecule has 0 bridgehead atoms. The van der Waals surface area contributed by atoms with E-state index in [2.05, 4.69) is 20.0 Å². The molecule has 1 unspecified atom stereocenters. The zero-order chi connectivity index (χ0) is 21.6.